The number of hydrogen-bond donors (Lipinski definition) is 3. The fourth-order valence-electron chi connectivity index (χ4n) is 2.32. The first kappa shape index (κ1) is 15.4. The first-order valence-electron chi connectivity index (χ1n) is 6.63. The molecule has 2 heterocycles. The molecule has 0 spiro atoms. The quantitative estimate of drug-likeness (QED) is 0.702. The van der Waals surface area contributed by atoms with Crippen molar-refractivity contribution in [3.05, 3.63) is 16.9 Å². The average molecular weight is 310 g/mol. The van der Waals surface area contributed by atoms with Gasteiger partial charge in [-0.2, -0.15) is 5.21 Å². The Morgan fingerprint density at radius 1 is 1.52 bits per heavy atom. The van der Waals surface area contributed by atoms with Crippen molar-refractivity contribution in [1.82, 2.24) is 25.6 Å². The molecule has 2 rings (SSSR count). The van der Waals surface area contributed by atoms with E-state index in [0.29, 0.717) is 23.8 Å². The highest BCUT2D eigenvalue weighted by Crippen LogP contribution is 2.32. The topological polar surface area (TPSA) is 131 Å². The van der Waals surface area contributed by atoms with E-state index in [9.17, 15) is 9.90 Å². The number of aromatic amines is 1. The van der Waals surface area contributed by atoms with Crippen molar-refractivity contribution in [2.24, 2.45) is 11.8 Å². The molecule has 0 amide bonds. The molecule has 2 unspecified atom stereocenters. The number of H-pyrrole nitrogens is 1. The molecule has 0 saturated carbocycles. The van der Waals surface area contributed by atoms with Gasteiger partial charge in [-0.25, -0.2) is 4.98 Å². The lowest BCUT2D eigenvalue weighted by Crippen LogP contribution is -2.26. The van der Waals surface area contributed by atoms with Gasteiger partial charge in [-0.05, 0) is 18.8 Å². The number of aromatic nitrogens is 5. The van der Waals surface area contributed by atoms with E-state index in [2.05, 4.69) is 25.6 Å². The summed E-state index contributed by atoms with van der Waals surface area (Å²) in [6, 6.07) is 0. The lowest BCUT2D eigenvalue weighted by atomic mass is 9.82. The SMILES string of the molecule is CC(C)CC(C(=O)O)C(Cc1cnc(N)s1)c1nn[nH]n1. The summed E-state index contributed by atoms with van der Waals surface area (Å²) in [5.41, 5.74) is 5.63. The maximum absolute atomic E-state index is 11.6. The van der Waals surface area contributed by atoms with Crippen molar-refractivity contribution in [2.45, 2.75) is 32.6 Å². The predicted molar refractivity (Wildman–Crippen MR) is 77.7 cm³/mol. The molecule has 0 radical (unpaired) electrons. The van der Waals surface area contributed by atoms with Gasteiger partial charge in [-0.1, -0.05) is 19.1 Å². The summed E-state index contributed by atoms with van der Waals surface area (Å²) in [5, 5.41) is 23.9. The molecule has 2 aromatic rings. The molecule has 0 bridgehead atoms. The van der Waals surface area contributed by atoms with E-state index in [1.54, 1.807) is 6.20 Å². The number of tetrazole rings is 1. The Kier molecular flexibility index (Phi) is 4.84. The molecule has 114 valence electrons. The van der Waals surface area contributed by atoms with E-state index in [4.69, 9.17) is 5.73 Å². The summed E-state index contributed by atoms with van der Waals surface area (Å²) in [5.74, 6) is -1.12. The first-order chi connectivity index (χ1) is 9.97. The normalized spacial score (nSPS) is 14.2. The molecule has 2 aromatic heterocycles. The summed E-state index contributed by atoms with van der Waals surface area (Å²) >= 11 is 1.35. The molecule has 0 saturated heterocycles. The van der Waals surface area contributed by atoms with Crippen LogP contribution in [-0.2, 0) is 11.2 Å². The molecule has 0 fully saturated rings. The lowest BCUT2D eigenvalue weighted by Gasteiger charge is -2.22. The number of hydrogen-bond acceptors (Lipinski definition) is 7. The monoisotopic (exact) mass is 310 g/mol. The van der Waals surface area contributed by atoms with E-state index >= 15 is 0 Å². The van der Waals surface area contributed by atoms with Crippen LogP contribution in [0.15, 0.2) is 6.20 Å². The van der Waals surface area contributed by atoms with E-state index in [1.807, 2.05) is 13.8 Å². The summed E-state index contributed by atoms with van der Waals surface area (Å²) in [6.45, 7) is 3.99. The van der Waals surface area contributed by atoms with Crippen LogP contribution >= 0.6 is 11.3 Å². The summed E-state index contributed by atoms with van der Waals surface area (Å²) in [6.07, 6.45) is 2.70. The molecule has 4 N–H and O–H groups in total. The van der Waals surface area contributed by atoms with Gasteiger partial charge in [0.15, 0.2) is 11.0 Å². The minimum absolute atomic E-state index is 0.257. The van der Waals surface area contributed by atoms with E-state index < -0.39 is 11.9 Å². The Hall–Kier alpha value is -2.03. The maximum Gasteiger partial charge on any atom is 0.307 e. The van der Waals surface area contributed by atoms with Crippen LogP contribution in [0.4, 0.5) is 5.13 Å². The van der Waals surface area contributed by atoms with Crippen molar-refractivity contribution < 1.29 is 9.90 Å². The number of nitrogens with one attached hydrogen (secondary N) is 1. The Labute approximate surface area is 125 Å². The number of thiazole rings is 1. The standard InChI is InChI=1S/C12H18N6O2S/c1-6(2)3-9(11(19)20)8(10-15-17-18-16-10)4-7-5-14-12(13)21-7/h5-6,8-9H,3-4H2,1-2H3,(H2,13,14)(H,19,20)(H,15,16,17,18). The maximum atomic E-state index is 11.6. The highest BCUT2D eigenvalue weighted by Gasteiger charge is 2.33. The van der Waals surface area contributed by atoms with Gasteiger partial charge in [0.25, 0.3) is 0 Å². The highest BCUT2D eigenvalue weighted by atomic mass is 32.1. The Balaban J connectivity index is 2.28. The number of nitrogens with two attached hydrogens (primary N) is 1. The van der Waals surface area contributed by atoms with Crippen LogP contribution in [0.5, 0.6) is 0 Å². The smallest absolute Gasteiger partial charge is 0.307 e. The van der Waals surface area contributed by atoms with Crippen LogP contribution in [0.1, 0.15) is 36.9 Å². The highest BCUT2D eigenvalue weighted by molar-refractivity contribution is 7.15. The first-order valence-corrected chi connectivity index (χ1v) is 7.45. The number of nitrogen functional groups attached to an aromatic ring is 1. The largest absolute Gasteiger partial charge is 0.481 e. The Morgan fingerprint density at radius 2 is 2.29 bits per heavy atom. The van der Waals surface area contributed by atoms with Gasteiger partial charge in [0.2, 0.25) is 0 Å². The molecule has 0 aliphatic carbocycles. The molecule has 0 aromatic carbocycles. The molecule has 21 heavy (non-hydrogen) atoms. The third-order valence-electron chi connectivity index (χ3n) is 3.21. The summed E-state index contributed by atoms with van der Waals surface area (Å²) in [4.78, 5) is 16.6. The van der Waals surface area contributed by atoms with Crippen LogP contribution in [0, 0.1) is 11.8 Å². The molecule has 0 aliphatic heterocycles. The Bertz CT molecular complexity index is 582. The second-order valence-corrected chi connectivity index (χ2v) is 6.47. The average Bonchev–Trinajstić information content (AvgIpc) is 3.04. The van der Waals surface area contributed by atoms with Crippen molar-refractivity contribution in [3.8, 4) is 0 Å². The third kappa shape index (κ3) is 3.97. The fourth-order valence-corrected chi connectivity index (χ4v) is 3.06. The van der Waals surface area contributed by atoms with Crippen molar-refractivity contribution in [3.63, 3.8) is 0 Å². The summed E-state index contributed by atoms with van der Waals surface area (Å²) in [7, 11) is 0. The Morgan fingerprint density at radius 3 is 2.76 bits per heavy atom. The van der Waals surface area contributed by atoms with Gasteiger partial charge in [0.1, 0.15) is 0 Å². The number of carboxylic acid groups (broad SMARTS) is 1. The van der Waals surface area contributed by atoms with Gasteiger partial charge < -0.3 is 10.8 Å². The van der Waals surface area contributed by atoms with Crippen molar-refractivity contribution in [1.29, 1.82) is 0 Å². The second kappa shape index (κ2) is 6.61. The number of carboxylic acids is 1. The number of aliphatic carboxylic acids is 1. The van der Waals surface area contributed by atoms with Crippen molar-refractivity contribution >= 4 is 22.4 Å². The minimum Gasteiger partial charge on any atom is -0.481 e. The van der Waals surface area contributed by atoms with Crippen LogP contribution in [0.2, 0.25) is 0 Å². The fraction of sp³-hybridized carbons (Fsp3) is 0.583. The van der Waals surface area contributed by atoms with E-state index in [1.165, 1.54) is 11.3 Å². The van der Waals surface area contributed by atoms with Crippen LogP contribution in [-0.4, -0.2) is 36.7 Å². The van der Waals surface area contributed by atoms with Gasteiger partial charge in [-0.15, -0.1) is 21.5 Å². The van der Waals surface area contributed by atoms with Crippen LogP contribution < -0.4 is 5.73 Å². The molecular weight excluding hydrogens is 292 g/mol. The molecule has 0 aliphatic rings. The molecular formula is C12H18N6O2S. The third-order valence-corrected chi connectivity index (χ3v) is 4.06. The van der Waals surface area contributed by atoms with Crippen LogP contribution in [0.25, 0.3) is 0 Å². The summed E-state index contributed by atoms with van der Waals surface area (Å²) < 4.78 is 0. The number of carbonyl (C=O) groups is 1. The van der Waals surface area contributed by atoms with Crippen LogP contribution in [0.3, 0.4) is 0 Å². The lowest BCUT2D eigenvalue weighted by molar-refractivity contribution is -0.143. The van der Waals surface area contributed by atoms with E-state index in [-0.39, 0.29) is 11.8 Å². The molecule has 9 heteroatoms. The van der Waals surface area contributed by atoms with Gasteiger partial charge in [0, 0.05) is 17.0 Å². The van der Waals surface area contributed by atoms with Crippen molar-refractivity contribution in [2.75, 3.05) is 5.73 Å². The predicted octanol–water partition coefficient (Wildman–Crippen LogP) is 1.31. The minimum atomic E-state index is -0.851. The zero-order valence-corrected chi connectivity index (χ0v) is 12.7. The van der Waals surface area contributed by atoms with E-state index in [0.717, 1.165) is 4.88 Å². The van der Waals surface area contributed by atoms with Gasteiger partial charge in [-0.3, -0.25) is 4.79 Å². The zero-order chi connectivity index (χ0) is 15.4. The number of anilines is 1. The second-order valence-electron chi connectivity index (χ2n) is 5.32. The van der Waals surface area contributed by atoms with Gasteiger partial charge in [0.05, 0.1) is 5.92 Å². The van der Waals surface area contributed by atoms with Gasteiger partial charge >= 0.3 is 5.97 Å². The zero-order valence-electron chi connectivity index (χ0n) is 11.9. The number of rotatable bonds is 7. The number of nitrogens with zero attached hydrogens (tertiary/aromatic N) is 4. The molecule has 8 nitrogen and oxygen atoms in total. The molecule has 2 atom stereocenters.